The Bertz CT molecular complexity index is 1230. The molecule has 0 bridgehead atoms. The fourth-order valence-electron chi connectivity index (χ4n) is 2.76. The van der Waals surface area contributed by atoms with E-state index in [-0.39, 0.29) is 18.2 Å². The highest BCUT2D eigenvalue weighted by atomic mass is 127. The average Bonchev–Trinajstić information content (AvgIpc) is 2.79. The number of halogens is 2. The maximum atomic E-state index is 12.5. The summed E-state index contributed by atoms with van der Waals surface area (Å²) in [5, 5.41) is 6.47. The molecule has 0 atom stereocenters. The number of amides is 2. The van der Waals surface area contributed by atoms with Crippen molar-refractivity contribution in [3.05, 3.63) is 97.0 Å². The molecule has 0 aliphatic rings. The maximum Gasteiger partial charge on any atom is 0.343 e. The Morgan fingerprint density at radius 2 is 1.85 bits per heavy atom. The molecule has 168 valence electrons. The first kappa shape index (κ1) is 24.6. The van der Waals surface area contributed by atoms with Crippen LogP contribution in [0.4, 0.5) is 0 Å². The Hall–Kier alpha value is -3.05. The third-order valence-electron chi connectivity index (χ3n) is 4.35. The van der Waals surface area contributed by atoms with Gasteiger partial charge in [-0.1, -0.05) is 45.8 Å². The Morgan fingerprint density at radius 3 is 2.61 bits per heavy atom. The van der Waals surface area contributed by atoms with Gasteiger partial charge in [0.25, 0.3) is 11.8 Å². The first-order valence-electron chi connectivity index (χ1n) is 9.76. The topological polar surface area (TPSA) is 96.9 Å². The summed E-state index contributed by atoms with van der Waals surface area (Å²) >= 11 is 5.43. The summed E-state index contributed by atoms with van der Waals surface area (Å²) in [5.74, 6) is -1.07. The first-order valence-corrected chi connectivity index (χ1v) is 11.6. The van der Waals surface area contributed by atoms with E-state index in [0.29, 0.717) is 16.7 Å². The second kappa shape index (κ2) is 11.7. The average molecular weight is 620 g/mol. The summed E-state index contributed by atoms with van der Waals surface area (Å²) in [4.78, 5) is 36.8. The number of carbonyl (C=O) groups excluding carboxylic acids is 3. The van der Waals surface area contributed by atoms with Crippen LogP contribution in [0.25, 0.3) is 0 Å². The quantitative estimate of drug-likeness (QED) is 0.134. The number of ether oxygens (including phenoxy) is 1. The SMILES string of the molecule is Cc1cccc(C(=O)Oc2ccc(Br)cc2/C=N/NC(=O)CNC(=O)c2ccccc2I)c1. The molecule has 0 saturated carbocycles. The number of carbonyl (C=O) groups is 3. The maximum absolute atomic E-state index is 12.5. The van der Waals surface area contributed by atoms with Crippen molar-refractivity contribution in [3.63, 3.8) is 0 Å². The smallest absolute Gasteiger partial charge is 0.343 e. The van der Waals surface area contributed by atoms with E-state index in [9.17, 15) is 14.4 Å². The van der Waals surface area contributed by atoms with Gasteiger partial charge in [-0.05, 0) is 72.0 Å². The highest BCUT2D eigenvalue weighted by Crippen LogP contribution is 2.23. The van der Waals surface area contributed by atoms with Crippen molar-refractivity contribution in [1.82, 2.24) is 10.7 Å². The van der Waals surface area contributed by atoms with E-state index in [1.807, 2.05) is 19.1 Å². The van der Waals surface area contributed by atoms with Gasteiger partial charge in [-0.15, -0.1) is 0 Å². The summed E-state index contributed by atoms with van der Waals surface area (Å²) in [6.45, 7) is 1.65. The van der Waals surface area contributed by atoms with Gasteiger partial charge in [0.1, 0.15) is 5.75 Å². The van der Waals surface area contributed by atoms with Crippen LogP contribution in [0, 0.1) is 10.5 Å². The highest BCUT2D eigenvalue weighted by Gasteiger charge is 2.13. The normalized spacial score (nSPS) is 10.6. The van der Waals surface area contributed by atoms with Crippen molar-refractivity contribution in [2.24, 2.45) is 5.10 Å². The summed E-state index contributed by atoms with van der Waals surface area (Å²) < 4.78 is 7.05. The lowest BCUT2D eigenvalue weighted by Crippen LogP contribution is -2.35. The van der Waals surface area contributed by atoms with Crippen molar-refractivity contribution in [2.45, 2.75) is 6.92 Å². The molecule has 3 aromatic rings. The van der Waals surface area contributed by atoms with Crippen molar-refractivity contribution in [2.75, 3.05) is 6.54 Å². The predicted octanol–water partition coefficient (Wildman–Crippen LogP) is 4.46. The number of nitrogens with one attached hydrogen (secondary N) is 2. The summed E-state index contributed by atoms with van der Waals surface area (Å²) in [7, 11) is 0. The highest BCUT2D eigenvalue weighted by molar-refractivity contribution is 14.1. The molecule has 9 heteroatoms. The van der Waals surface area contributed by atoms with Crippen LogP contribution >= 0.6 is 38.5 Å². The van der Waals surface area contributed by atoms with Crippen LogP contribution in [0.5, 0.6) is 5.75 Å². The second-order valence-electron chi connectivity index (χ2n) is 6.90. The van der Waals surface area contributed by atoms with Gasteiger partial charge in [0, 0.05) is 13.6 Å². The summed E-state index contributed by atoms with van der Waals surface area (Å²) in [6.07, 6.45) is 1.36. The van der Waals surface area contributed by atoms with Gasteiger partial charge in [0.2, 0.25) is 0 Å². The number of aryl methyl sites for hydroxylation is 1. The van der Waals surface area contributed by atoms with Gasteiger partial charge in [-0.25, -0.2) is 10.2 Å². The molecule has 0 fully saturated rings. The molecule has 7 nitrogen and oxygen atoms in total. The molecule has 0 unspecified atom stereocenters. The summed E-state index contributed by atoms with van der Waals surface area (Å²) in [6, 6.07) is 19.2. The van der Waals surface area contributed by atoms with Crippen molar-refractivity contribution in [1.29, 1.82) is 0 Å². The number of hydrogen-bond acceptors (Lipinski definition) is 5. The van der Waals surface area contributed by atoms with Crippen LogP contribution in [-0.4, -0.2) is 30.5 Å². The van der Waals surface area contributed by atoms with Gasteiger partial charge < -0.3 is 10.1 Å². The van der Waals surface area contributed by atoms with E-state index in [1.165, 1.54) is 6.21 Å². The van der Waals surface area contributed by atoms with Gasteiger partial charge in [0.05, 0.1) is 23.9 Å². The number of hydrazone groups is 1. The summed E-state index contributed by atoms with van der Waals surface area (Å²) in [5.41, 5.74) is 4.69. The van der Waals surface area contributed by atoms with E-state index in [1.54, 1.807) is 54.6 Å². The number of hydrogen-bond donors (Lipinski definition) is 2. The molecular formula is C24H19BrIN3O4. The predicted molar refractivity (Wildman–Crippen MR) is 138 cm³/mol. The molecule has 2 N–H and O–H groups in total. The Labute approximate surface area is 212 Å². The number of benzene rings is 3. The lowest BCUT2D eigenvalue weighted by atomic mass is 10.1. The minimum Gasteiger partial charge on any atom is -0.422 e. The molecule has 0 aliphatic carbocycles. The van der Waals surface area contributed by atoms with Crippen molar-refractivity contribution < 1.29 is 19.1 Å². The molecule has 3 rings (SSSR count). The van der Waals surface area contributed by atoms with Gasteiger partial charge in [-0.3, -0.25) is 9.59 Å². The first-order chi connectivity index (χ1) is 15.8. The zero-order valence-electron chi connectivity index (χ0n) is 17.5. The van der Waals surface area contributed by atoms with Crippen LogP contribution in [0.3, 0.4) is 0 Å². The number of nitrogens with zero attached hydrogens (tertiary/aromatic N) is 1. The monoisotopic (exact) mass is 619 g/mol. The fourth-order valence-corrected chi connectivity index (χ4v) is 3.77. The van der Waals surface area contributed by atoms with Crippen LogP contribution in [0.2, 0.25) is 0 Å². The lowest BCUT2D eigenvalue weighted by molar-refractivity contribution is -0.120. The minimum absolute atomic E-state index is 0.241. The Kier molecular flexibility index (Phi) is 8.72. The van der Waals surface area contributed by atoms with Crippen LogP contribution < -0.4 is 15.5 Å². The second-order valence-corrected chi connectivity index (χ2v) is 8.97. The molecule has 0 aliphatic heterocycles. The lowest BCUT2D eigenvalue weighted by Gasteiger charge is -2.09. The fraction of sp³-hybridized carbons (Fsp3) is 0.0833. The van der Waals surface area contributed by atoms with E-state index in [0.717, 1.165) is 13.6 Å². The van der Waals surface area contributed by atoms with Crippen LogP contribution in [0.1, 0.15) is 31.8 Å². The number of rotatable bonds is 7. The molecule has 2 amide bonds. The minimum atomic E-state index is -0.502. The van der Waals surface area contributed by atoms with E-state index in [2.05, 4.69) is 54.4 Å². The third-order valence-corrected chi connectivity index (χ3v) is 5.78. The molecule has 0 heterocycles. The number of esters is 1. The van der Waals surface area contributed by atoms with E-state index >= 15 is 0 Å². The Morgan fingerprint density at radius 1 is 1.06 bits per heavy atom. The van der Waals surface area contributed by atoms with Crippen LogP contribution in [0.15, 0.2) is 76.3 Å². The molecule has 0 saturated heterocycles. The zero-order valence-corrected chi connectivity index (χ0v) is 21.2. The van der Waals surface area contributed by atoms with Crippen molar-refractivity contribution >= 4 is 62.5 Å². The van der Waals surface area contributed by atoms with Crippen LogP contribution in [-0.2, 0) is 4.79 Å². The van der Waals surface area contributed by atoms with Crippen molar-refractivity contribution in [3.8, 4) is 5.75 Å². The Balaban J connectivity index is 1.60. The zero-order chi connectivity index (χ0) is 23.8. The molecule has 0 radical (unpaired) electrons. The third kappa shape index (κ3) is 7.22. The molecule has 0 aromatic heterocycles. The largest absolute Gasteiger partial charge is 0.422 e. The van der Waals surface area contributed by atoms with Gasteiger partial charge in [-0.2, -0.15) is 5.10 Å². The van der Waals surface area contributed by atoms with E-state index < -0.39 is 11.9 Å². The molecule has 33 heavy (non-hydrogen) atoms. The van der Waals surface area contributed by atoms with Gasteiger partial charge >= 0.3 is 5.97 Å². The molecule has 0 spiro atoms. The van der Waals surface area contributed by atoms with E-state index in [4.69, 9.17) is 4.74 Å². The molecular weight excluding hydrogens is 601 g/mol. The molecule has 3 aromatic carbocycles. The standard InChI is InChI=1S/C24H19BrIN3O4/c1-15-5-4-6-16(11-15)24(32)33-21-10-9-18(25)12-17(21)13-28-29-22(30)14-27-23(31)19-7-2-3-8-20(19)26/h2-13H,14H2,1H3,(H,27,31)(H,29,30)/b28-13+. The van der Waals surface area contributed by atoms with Gasteiger partial charge in [0.15, 0.2) is 0 Å².